The molecule has 0 radical (unpaired) electrons. The molecule has 0 aromatic heterocycles. The largest absolute Gasteiger partial charge is 0.484 e. The predicted octanol–water partition coefficient (Wildman–Crippen LogP) is 2.25. The van der Waals surface area contributed by atoms with Crippen LogP contribution in [0.1, 0.15) is 5.56 Å². The van der Waals surface area contributed by atoms with Gasteiger partial charge >= 0.3 is 12.2 Å². The van der Waals surface area contributed by atoms with Gasteiger partial charge in [-0.25, -0.2) is 9.18 Å². The summed E-state index contributed by atoms with van der Waals surface area (Å²) in [7, 11) is 1.46. The summed E-state index contributed by atoms with van der Waals surface area (Å²) in [6.45, 7) is 0.407. The number of hydrogen-bond acceptors (Lipinski definition) is 2. The van der Waals surface area contributed by atoms with Crippen LogP contribution >= 0.6 is 0 Å². The van der Waals surface area contributed by atoms with E-state index in [1.807, 2.05) is 0 Å². The van der Waals surface area contributed by atoms with E-state index in [1.165, 1.54) is 11.9 Å². The van der Waals surface area contributed by atoms with Crippen LogP contribution in [0, 0.1) is 5.82 Å². The van der Waals surface area contributed by atoms with E-state index in [1.54, 1.807) is 0 Å². The molecule has 0 aliphatic carbocycles. The molecule has 1 aliphatic rings. The lowest BCUT2D eigenvalue weighted by Crippen LogP contribution is -2.58. The van der Waals surface area contributed by atoms with Crippen molar-refractivity contribution in [2.75, 3.05) is 20.1 Å². The van der Waals surface area contributed by atoms with Crippen molar-refractivity contribution in [3.05, 3.63) is 29.6 Å². The quantitative estimate of drug-likeness (QED) is 0.849. The van der Waals surface area contributed by atoms with Crippen LogP contribution in [0.2, 0.25) is 0 Å². The summed E-state index contributed by atoms with van der Waals surface area (Å²) < 4.78 is 56.1. The second kappa shape index (κ2) is 5.18. The first-order valence-corrected chi connectivity index (χ1v) is 5.81. The monoisotopic (exact) mass is 292 g/mol. The number of nitrogens with zero attached hydrogens (tertiary/aromatic N) is 1. The maximum absolute atomic E-state index is 13.4. The van der Waals surface area contributed by atoms with Crippen molar-refractivity contribution in [2.24, 2.45) is 0 Å². The van der Waals surface area contributed by atoms with Crippen molar-refractivity contribution < 1.29 is 27.1 Å². The number of carbonyl (C=O) groups is 1. The minimum atomic E-state index is -4.56. The third-order valence-corrected chi connectivity index (χ3v) is 2.90. The molecule has 2 rings (SSSR count). The van der Waals surface area contributed by atoms with E-state index in [2.05, 4.69) is 5.32 Å². The van der Waals surface area contributed by atoms with Gasteiger partial charge in [-0.3, -0.25) is 0 Å². The van der Waals surface area contributed by atoms with E-state index in [9.17, 15) is 22.4 Å². The zero-order valence-corrected chi connectivity index (χ0v) is 10.5. The van der Waals surface area contributed by atoms with Crippen molar-refractivity contribution in [1.29, 1.82) is 0 Å². The van der Waals surface area contributed by atoms with Gasteiger partial charge < -0.3 is 15.0 Å². The Hall–Kier alpha value is -1.99. The highest BCUT2D eigenvalue weighted by Gasteiger charge is 2.34. The maximum Gasteiger partial charge on any atom is 0.416 e. The third-order valence-electron chi connectivity index (χ3n) is 2.90. The summed E-state index contributed by atoms with van der Waals surface area (Å²) in [5, 5.41) is 2.40. The Morgan fingerprint density at radius 1 is 1.40 bits per heavy atom. The zero-order chi connectivity index (χ0) is 14.9. The SMILES string of the molecule is CNC(=O)N1CC(Oc2cc(C(F)(F)F)ccc2F)C1. The van der Waals surface area contributed by atoms with E-state index >= 15 is 0 Å². The Balaban J connectivity index is 2.02. The molecule has 0 saturated carbocycles. The fourth-order valence-corrected chi connectivity index (χ4v) is 1.79. The van der Waals surface area contributed by atoms with Gasteiger partial charge in [-0.15, -0.1) is 0 Å². The van der Waals surface area contributed by atoms with Crippen LogP contribution in [0.5, 0.6) is 5.75 Å². The number of nitrogens with one attached hydrogen (secondary N) is 1. The highest BCUT2D eigenvalue weighted by molar-refractivity contribution is 5.74. The normalized spacial score (nSPS) is 15.8. The number of halogens is 4. The second-order valence-corrected chi connectivity index (χ2v) is 4.34. The van der Waals surface area contributed by atoms with E-state index in [0.717, 1.165) is 0 Å². The zero-order valence-electron chi connectivity index (χ0n) is 10.5. The molecule has 8 heteroatoms. The van der Waals surface area contributed by atoms with Crippen LogP contribution < -0.4 is 10.1 Å². The molecule has 4 nitrogen and oxygen atoms in total. The molecule has 1 heterocycles. The Kier molecular flexibility index (Phi) is 3.74. The summed E-state index contributed by atoms with van der Waals surface area (Å²) in [4.78, 5) is 12.6. The first kappa shape index (κ1) is 14.4. The van der Waals surface area contributed by atoms with Crippen molar-refractivity contribution in [3.8, 4) is 5.75 Å². The van der Waals surface area contributed by atoms with Gasteiger partial charge in [0, 0.05) is 7.05 Å². The average Bonchev–Trinajstić information content (AvgIpc) is 2.33. The number of rotatable bonds is 2. The minimum absolute atomic E-state index is 0.204. The fourth-order valence-electron chi connectivity index (χ4n) is 1.79. The van der Waals surface area contributed by atoms with E-state index in [4.69, 9.17) is 4.74 Å². The summed E-state index contributed by atoms with van der Waals surface area (Å²) in [6.07, 6.45) is -5.06. The van der Waals surface area contributed by atoms with Gasteiger partial charge in [-0.1, -0.05) is 0 Å². The molecule has 1 saturated heterocycles. The Morgan fingerprint density at radius 2 is 2.05 bits per heavy atom. The first-order valence-electron chi connectivity index (χ1n) is 5.81. The molecule has 1 fully saturated rings. The standard InChI is InChI=1S/C12H12F4N2O2/c1-17-11(19)18-5-8(6-18)20-10-4-7(12(14,15)16)2-3-9(10)13/h2-4,8H,5-6H2,1H3,(H,17,19). The van der Waals surface area contributed by atoms with Crippen molar-refractivity contribution in [3.63, 3.8) is 0 Å². The number of ether oxygens (including phenoxy) is 1. The van der Waals surface area contributed by atoms with E-state index < -0.39 is 29.4 Å². The maximum atomic E-state index is 13.4. The molecule has 110 valence electrons. The van der Waals surface area contributed by atoms with Crippen molar-refractivity contribution >= 4 is 6.03 Å². The van der Waals surface area contributed by atoms with Gasteiger partial charge in [0.25, 0.3) is 0 Å². The molecule has 2 amide bonds. The molecule has 0 atom stereocenters. The summed E-state index contributed by atoms with van der Waals surface area (Å²) in [5.74, 6) is -1.32. The summed E-state index contributed by atoms with van der Waals surface area (Å²) in [6, 6.07) is 1.68. The topological polar surface area (TPSA) is 41.6 Å². The molecule has 0 bridgehead atoms. The lowest BCUT2D eigenvalue weighted by atomic mass is 10.1. The molecule has 0 spiro atoms. The molecule has 0 unspecified atom stereocenters. The van der Waals surface area contributed by atoms with Gasteiger partial charge in [-0.2, -0.15) is 13.2 Å². The number of amides is 2. The number of carbonyl (C=O) groups excluding carboxylic acids is 1. The predicted molar refractivity (Wildman–Crippen MR) is 61.8 cm³/mol. The third kappa shape index (κ3) is 2.94. The summed E-state index contributed by atoms with van der Waals surface area (Å²) >= 11 is 0. The highest BCUT2D eigenvalue weighted by Crippen LogP contribution is 2.33. The number of alkyl halides is 3. The smallest absolute Gasteiger partial charge is 0.416 e. The average molecular weight is 292 g/mol. The molecule has 1 N–H and O–H groups in total. The van der Waals surface area contributed by atoms with Gasteiger partial charge in [0.1, 0.15) is 6.10 Å². The second-order valence-electron chi connectivity index (χ2n) is 4.34. The Bertz CT molecular complexity index is 513. The fraction of sp³-hybridized carbons (Fsp3) is 0.417. The first-order chi connectivity index (χ1) is 9.31. The molecular weight excluding hydrogens is 280 g/mol. The van der Waals surface area contributed by atoms with Crippen molar-refractivity contribution in [1.82, 2.24) is 10.2 Å². The van der Waals surface area contributed by atoms with Crippen LogP contribution in [-0.2, 0) is 6.18 Å². The lowest BCUT2D eigenvalue weighted by molar-refractivity contribution is -0.137. The van der Waals surface area contributed by atoms with Crippen molar-refractivity contribution in [2.45, 2.75) is 12.3 Å². The molecule has 1 aromatic carbocycles. The van der Waals surface area contributed by atoms with Crippen LogP contribution in [0.25, 0.3) is 0 Å². The number of likely N-dealkylation sites (tertiary alicyclic amines) is 1. The Labute approximate surface area is 112 Å². The Morgan fingerprint density at radius 3 is 2.60 bits per heavy atom. The van der Waals surface area contributed by atoms with Crippen LogP contribution in [0.4, 0.5) is 22.4 Å². The molecule has 1 aliphatic heterocycles. The number of hydrogen-bond donors (Lipinski definition) is 1. The highest BCUT2D eigenvalue weighted by atomic mass is 19.4. The van der Waals surface area contributed by atoms with Gasteiger partial charge in [0.2, 0.25) is 0 Å². The molecule has 1 aromatic rings. The van der Waals surface area contributed by atoms with Gasteiger partial charge in [0.15, 0.2) is 11.6 Å². The molecule has 20 heavy (non-hydrogen) atoms. The number of urea groups is 1. The van der Waals surface area contributed by atoms with E-state index in [-0.39, 0.29) is 19.1 Å². The molecular formula is C12H12F4N2O2. The summed E-state index contributed by atoms with van der Waals surface area (Å²) in [5.41, 5.74) is -0.976. The van der Waals surface area contributed by atoms with Gasteiger partial charge in [-0.05, 0) is 18.2 Å². The van der Waals surface area contributed by atoms with E-state index in [0.29, 0.717) is 18.2 Å². The number of benzene rings is 1. The van der Waals surface area contributed by atoms with Crippen LogP contribution in [0.3, 0.4) is 0 Å². The van der Waals surface area contributed by atoms with Gasteiger partial charge in [0.05, 0.1) is 18.7 Å². The van der Waals surface area contributed by atoms with Crippen LogP contribution in [-0.4, -0.2) is 37.2 Å². The lowest BCUT2D eigenvalue weighted by Gasteiger charge is -2.38. The van der Waals surface area contributed by atoms with Crippen LogP contribution in [0.15, 0.2) is 18.2 Å². The minimum Gasteiger partial charge on any atom is -0.484 e.